The second-order valence-electron chi connectivity index (χ2n) is 8.20. The van der Waals surface area contributed by atoms with Crippen LogP contribution in [0.15, 0.2) is 42.5 Å². The van der Waals surface area contributed by atoms with Crippen LogP contribution in [0.4, 0.5) is 24.5 Å². The number of hydrogen-bond acceptors (Lipinski definition) is 4. The minimum absolute atomic E-state index is 0.218. The number of rotatable bonds is 2. The number of amidine groups is 1. The number of aryl methyl sites for hydroxylation is 1. The van der Waals surface area contributed by atoms with E-state index in [1.165, 1.54) is 12.1 Å². The largest absolute Gasteiger partial charge is 0.417 e. The van der Waals surface area contributed by atoms with Crippen LogP contribution >= 0.6 is 12.6 Å². The summed E-state index contributed by atoms with van der Waals surface area (Å²) in [6, 6.07) is 13.2. The summed E-state index contributed by atoms with van der Waals surface area (Å²) < 4.78 is 40.7. The summed E-state index contributed by atoms with van der Waals surface area (Å²) in [7, 11) is 0. The molecule has 1 aliphatic carbocycles. The van der Waals surface area contributed by atoms with Crippen LogP contribution in [0.25, 0.3) is 0 Å². The Hall–Kier alpha value is -2.66. The molecule has 2 aliphatic rings. The van der Waals surface area contributed by atoms with Crippen molar-refractivity contribution in [3.63, 3.8) is 0 Å². The van der Waals surface area contributed by atoms with E-state index in [0.717, 1.165) is 49.4 Å². The molecule has 2 aromatic rings. The van der Waals surface area contributed by atoms with E-state index in [1.807, 2.05) is 31.2 Å². The van der Waals surface area contributed by atoms with Crippen molar-refractivity contribution in [2.45, 2.75) is 56.2 Å². The number of anilines is 2. The molecule has 1 N–H and O–H groups in total. The number of halogens is 3. The summed E-state index contributed by atoms with van der Waals surface area (Å²) in [6.07, 6.45) is -0.205. The van der Waals surface area contributed by atoms with Crippen molar-refractivity contribution < 1.29 is 13.2 Å². The molecule has 8 heteroatoms. The highest BCUT2D eigenvalue weighted by atomic mass is 32.1. The highest BCUT2D eigenvalue weighted by Gasteiger charge is 2.54. The number of nitrogens with zero attached hydrogens (tertiary/aromatic N) is 3. The standard InChI is InChI=1S/C23H23F3N4S/c1-15-5-8-17(9-6-15)30-21(31)29(20(28)22(30)11-3-2-4-12-22)18-10-7-16(14-27)19(13-18)23(24,25)26/h5-10,13,21,28,31H,2-4,11-12H2,1H3. The zero-order valence-electron chi connectivity index (χ0n) is 17.1. The molecular weight excluding hydrogens is 421 g/mol. The van der Waals surface area contributed by atoms with E-state index in [2.05, 4.69) is 4.90 Å². The fourth-order valence-electron chi connectivity index (χ4n) is 4.77. The van der Waals surface area contributed by atoms with Crippen molar-refractivity contribution in [3.8, 4) is 6.07 Å². The highest BCUT2D eigenvalue weighted by Crippen LogP contribution is 2.48. The van der Waals surface area contributed by atoms with Crippen LogP contribution in [0.5, 0.6) is 0 Å². The van der Waals surface area contributed by atoms with Gasteiger partial charge in [-0.1, -0.05) is 37.0 Å². The molecule has 1 unspecified atom stereocenters. The van der Waals surface area contributed by atoms with E-state index in [1.54, 1.807) is 11.0 Å². The lowest BCUT2D eigenvalue weighted by Crippen LogP contribution is -2.51. The van der Waals surface area contributed by atoms with E-state index >= 15 is 0 Å². The molecule has 1 atom stereocenters. The zero-order valence-corrected chi connectivity index (χ0v) is 18.0. The first kappa shape index (κ1) is 21.6. The number of nitriles is 1. The van der Waals surface area contributed by atoms with Gasteiger partial charge in [0, 0.05) is 11.4 Å². The van der Waals surface area contributed by atoms with Crippen LogP contribution < -0.4 is 9.80 Å². The van der Waals surface area contributed by atoms with E-state index in [0.29, 0.717) is 0 Å². The van der Waals surface area contributed by atoms with Gasteiger partial charge >= 0.3 is 6.18 Å². The van der Waals surface area contributed by atoms with E-state index in [9.17, 15) is 13.2 Å². The predicted molar refractivity (Wildman–Crippen MR) is 119 cm³/mol. The molecule has 1 aliphatic heterocycles. The fraction of sp³-hybridized carbons (Fsp3) is 0.391. The lowest BCUT2D eigenvalue weighted by Gasteiger charge is -2.42. The summed E-state index contributed by atoms with van der Waals surface area (Å²) in [5.74, 6) is 0.255. The average molecular weight is 445 g/mol. The highest BCUT2D eigenvalue weighted by molar-refractivity contribution is 7.81. The van der Waals surface area contributed by atoms with Gasteiger partial charge in [0.05, 0.1) is 17.2 Å². The molecule has 0 radical (unpaired) electrons. The maximum absolute atomic E-state index is 13.6. The third-order valence-corrected chi connectivity index (χ3v) is 6.77. The monoisotopic (exact) mass is 444 g/mol. The van der Waals surface area contributed by atoms with Crippen LogP contribution in [-0.4, -0.2) is 16.9 Å². The van der Waals surface area contributed by atoms with Gasteiger partial charge in [0.15, 0.2) is 5.50 Å². The molecular formula is C23H23F3N4S. The van der Waals surface area contributed by atoms with Crippen LogP contribution in [-0.2, 0) is 6.18 Å². The molecule has 31 heavy (non-hydrogen) atoms. The number of benzene rings is 2. The molecule has 1 saturated heterocycles. The van der Waals surface area contributed by atoms with Crippen LogP contribution in [0.1, 0.15) is 48.8 Å². The van der Waals surface area contributed by atoms with Crippen molar-refractivity contribution in [2.24, 2.45) is 0 Å². The molecule has 1 spiro atoms. The molecule has 2 aromatic carbocycles. The summed E-state index contributed by atoms with van der Waals surface area (Å²) >= 11 is 4.79. The minimum Gasteiger partial charge on any atom is -0.329 e. The maximum atomic E-state index is 13.6. The second kappa shape index (κ2) is 7.79. The molecule has 2 fully saturated rings. The van der Waals surface area contributed by atoms with Crippen LogP contribution in [0, 0.1) is 23.7 Å². The fourth-order valence-corrected chi connectivity index (χ4v) is 5.37. The van der Waals surface area contributed by atoms with Gasteiger partial charge in [0.1, 0.15) is 11.4 Å². The van der Waals surface area contributed by atoms with Gasteiger partial charge in [-0.05, 0) is 50.1 Å². The Labute approximate surface area is 185 Å². The predicted octanol–water partition coefficient (Wildman–Crippen LogP) is 6.11. The lowest BCUT2D eigenvalue weighted by molar-refractivity contribution is -0.137. The molecule has 1 heterocycles. The number of alkyl halides is 3. The van der Waals surface area contributed by atoms with Gasteiger partial charge in [0.25, 0.3) is 0 Å². The van der Waals surface area contributed by atoms with Crippen molar-refractivity contribution in [1.29, 1.82) is 10.7 Å². The quantitative estimate of drug-likeness (QED) is 0.550. The number of hydrogen-bond donors (Lipinski definition) is 2. The average Bonchev–Trinajstić information content (AvgIpc) is 2.94. The van der Waals surface area contributed by atoms with Crippen molar-refractivity contribution in [1.82, 2.24) is 0 Å². The third-order valence-electron chi connectivity index (χ3n) is 6.30. The summed E-state index contributed by atoms with van der Waals surface area (Å²) in [5, 5.41) is 18.2. The maximum Gasteiger partial charge on any atom is 0.417 e. The van der Waals surface area contributed by atoms with E-state index in [-0.39, 0.29) is 11.5 Å². The van der Waals surface area contributed by atoms with Crippen molar-refractivity contribution in [3.05, 3.63) is 59.2 Å². The Morgan fingerprint density at radius 2 is 1.68 bits per heavy atom. The van der Waals surface area contributed by atoms with Crippen molar-refractivity contribution in [2.75, 3.05) is 9.80 Å². The summed E-state index contributed by atoms with van der Waals surface area (Å²) in [5.41, 5.74) is -0.465. The molecule has 0 bridgehead atoms. The first-order valence-corrected chi connectivity index (χ1v) is 10.7. The Bertz CT molecular complexity index is 1040. The molecule has 4 nitrogen and oxygen atoms in total. The van der Waals surface area contributed by atoms with Gasteiger partial charge < -0.3 is 4.90 Å². The van der Waals surface area contributed by atoms with Gasteiger partial charge in [-0.3, -0.25) is 10.3 Å². The minimum atomic E-state index is -4.66. The smallest absolute Gasteiger partial charge is 0.329 e. The SMILES string of the molecule is Cc1ccc(N2C(S)N(c3ccc(C#N)c(C(F)(F)F)c3)C(=N)C23CCCCC3)cc1. The van der Waals surface area contributed by atoms with Gasteiger partial charge in [-0.25, -0.2) is 0 Å². The topological polar surface area (TPSA) is 54.1 Å². The summed E-state index contributed by atoms with van der Waals surface area (Å²) in [6.45, 7) is 1.99. The van der Waals surface area contributed by atoms with Gasteiger partial charge in [-0.15, -0.1) is 12.6 Å². The first-order valence-electron chi connectivity index (χ1n) is 10.2. The van der Waals surface area contributed by atoms with Gasteiger partial charge in [-0.2, -0.15) is 18.4 Å². The molecule has 4 rings (SSSR count). The molecule has 162 valence electrons. The number of thiol groups is 1. The van der Waals surface area contributed by atoms with Gasteiger partial charge in [0.2, 0.25) is 0 Å². The van der Waals surface area contributed by atoms with E-state index in [4.69, 9.17) is 23.3 Å². The summed E-state index contributed by atoms with van der Waals surface area (Å²) in [4.78, 5) is 3.63. The Morgan fingerprint density at radius 1 is 1.06 bits per heavy atom. The normalized spacial score (nSPS) is 20.9. The third kappa shape index (κ3) is 3.55. The van der Waals surface area contributed by atoms with Crippen molar-refractivity contribution >= 4 is 29.8 Å². The zero-order chi connectivity index (χ0) is 22.4. The van der Waals surface area contributed by atoms with Crippen LogP contribution in [0.2, 0.25) is 0 Å². The first-order chi connectivity index (χ1) is 14.7. The Balaban J connectivity index is 1.84. The molecule has 0 aromatic heterocycles. The lowest BCUT2D eigenvalue weighted by atomic mass is 9.79. The Kier molecular flexibility index (Phi) is 5.42. The van der Waals surface area contributed by atoms with E-state index < -0.39 is 28.3 Å². The number of nitrogens with one attached hydrogen (secondary N) is 1. The molecule has 1 saturated carbocycles. The molecule has 0 amide bonds. The second-order valence-corrected chi connectivity index (χ2v) is 8.66. The Morgan fingerprint density at radius 3 is 2.26 bits per heavy atom. The van der Waals surface area contributed by atoms with Crippen LogP contribution in [0.3, 0.4) is 0 Å².